The van der Waals surface area contributed by atoms with Gasteiger partial charge in [-0.15, -0.1) is 0 Å². The lowest BCUT2D eigenvalue weighted by molar-refractivity contribution is -0.115. The summed E-state index contributed by atoms with van der Waals surface area (Å²) >= 11 is 6.17. The minimum atomic E-state index is -4.05. The third-order valence-corrected chi connectivity index (χ3v) is 6.71. The summed E-state index contributed by atoms with van der Waals surface area (Å²) in [6.07, 6.45) is 2.00. The van der Waals surface area contributed by atoms with Crippen molar-refractivity contribution in [1.29, 1.82) is 0 Å². The van der Waals surface area contributed by atoms with E-state index in [2.05, 4.69) is 15.4 Å². The minimum Gasteiger partial charge on any atom is -0.325 e. The maximum Gasteiger partial charge on any atom is 0.321 e. The highest BCUT2D eigenvalue weighted by Gasteiger charge is 2.26. The summed E-state index contributed by atoms with van der Waals surface area (Å²) in [6, 6.07) is 9.10. The van der Waals surface area contributed by atoms with Gasteiger partial charge < -0.3 is 15.5 Å². The van der Waals surface area contributed by atoms with E-state index >= 15 is 0 Å². The van der Waals surface area contributed by atoms with Gasteiger partial charge in [-0.2, -0.15) is 0 Å². The summed E-state index contributed by atoms with van der Waals surface area (Å²) in [5, 5.41) is 5.39. The fourth-order valence-corrected chi connectivity index (χ4v) is 5.09. The summed E-state index contributed by atoms with van der Waals surface area (Å²) in [5.74, 6) is -0.214. The Hall–Kier alpha value is -2.78. The number of sulfonamides is 1. The molecule has 0 unspecified atom stereocenters. The quantitative estimate of drug-likeness (QED) is 0.686. The molecule has 2 heterocycles. The van der Waals surface area contributed by atoms with Gasteiger partial charge in [0, 0.05) is 18.8 Å². The van der Waals surface area contributed by atoms with Gasteiger partial charge in [-0.3, -0.25) is 9.52 Å². The number of amides is 3. The zero-order valence-electron chi connectivity index (χ0n) is 15.4. The lowest BCUT2D eigenvalue weighted by Crippen LogP contribution is -2.32. The first kappa shape index (κ1) is 19.5. The van der Waals surface area contributed by atoms with Gasteiger partial charge in [-0.1, -0.05) is 23.7 Å². The summed E-state index contributed by atoms with van der Waals surface area (Å²) in [7, 11) is -4.05. The number of benzene rings is 2. The van der Waals surface area contributed by atoms with Crippen LogP contribution in [0.15, 0.2) is 41.3 Å². The maximum atomic E-state index is 13.0. The average Bonchev–Trinajstić information content (AvgIpc) is 3.31. The van der Waals surface area contributed by atoms with Crippen LogP contribution in [0.25, 0.3) is 0 Å². The lowest BCUT2D eigenvalue weighted by Gasteiger charge is -2.19. The number of para-hydroxylation sites is 2. The van der Waals surface area contributed by atoms with Gasteiger partial charge in [-0.05, 0) is 42.7 Å². The average molecular weight is 435 g/mol. The van der Waals surface area contributed by atoms with Crippen LogP contribution in [0.3, 0.4) is 0 Å². The molecule has 3 N–H and O–H groups in total. The maximum absolute atomic E-state index is 13.0. The molecule has 29 heavy (non-hydrogen) atoms. The van der Waals surface area contributed by atoms with Gasteiger partial charge in [0.25, 0.3) is 10.0 Å². The van der Waals surface area contributed by atoms with Crippen molar-refractivity contribution < 1.29 is 18.0 Å². The van der Waals surface area contributed by atoms with Crippen molar-refractivity contribution in [1.82, 2.24) is 4.90 Å². The number of nitrogens with one attached hydrogen (secondary N) is 3. The second-order valence-corrected chi connectivity index (χ2v) is 9.00. The molecule has 2 aromatic rings. The molecule has 4 rings (SSSR count). The Kier molecular flexibility index (Phi) is 5.10. The topological polar surface area (TPSA) is 108 Å². The van der Waals surface area contributed by atoms with E-state index in [0.717, 1.165) is 12.8 Å². The summed E-state index contributed by atoms with van der Waals surface area (Å²) in [4.78, 5) is 25.5. The van der Waals surface area contributed by atoms with Gasteiger partial charge in [0.05, 0.1) is 22.8 Å². The van der Waals surface area contributed by atoms with Crippen molar-refractivity contribution >= 4 is 50.6 Å². The summed E-state index contributed by atoms with van der Waals surface area (Å²) in [6.45, 7) is 1.36. The van der Waals surface area contributed by atoms with Crippen LogP contribution in [-0.2, 0) is 21.2 Å². The van der Waals surface area contributed by atoms with Gasteiger partial charge in [-0.25, -0.2) is 13.2 Å². The molecule has 10 heteroatoms. The third-order valence-electron chi connectivity index (χ3n) is 4.88. The molecule has 1 saturated heterocycles. The predicted octanol–water partition coefficient (Wildman–Crippen LogP) is 3.26. The van der Waals surface area contributed by atoms with Gasteiger partial charge in [0.15, 0.2) is 0 Å². The number of rotatable bonds is 4. The first-order valence-electron chi connectivity index (χ1n) is 9.13. The second-order valence-electron chi connectivity index (χ2n) is 6.94. The van der Waals surface area contributed by atoms with E-state index in [4.69, 9.17) is 11.6 Å². The van der Waals surface area contributed by atoms with Crippen LogP contribution in [0, 0.1) is 0 Å². The number of hydrogen-bond donors (Lipinski definition) is 3. The largest absolute Gasteiger partial charge is 0.325 e. The molecule has 0 spiro atoms. The first-order chi connectivity index (χ1) is 13.8. The molecule has 0 bridgehead atoms. The Morgan fingerprint density at radius 3 is 2.52 bits per heavy atom. The van der Waals surface area contributed by atoms with E-state index < -0.39 is 10.0 Å². The van der Waals surface area contributed by atoms with Crippen molar-refractivity contribution in [2.75, 3.05) is 28.4 Å². The highest BCUT2D eigenvalue weighted by Crippen LogP contribution is 2.34. The zero-order valence-corrected chi connectivity index (χ0v) is 16.9. The van der Waals surface area contributed by atoms with Gasteiger partial charge >= 0.3 is 6.03 Å². The number of nitrogens with zero attached hydrogens (tertiary/aromatic N) is 1. The standard InChI is InChI=1S/C19H19ClN4O4S/c20-13-11-16-12(10-18(25)21-16)9-17(13)29(27,28)23-15-6-2-1-5-14(15)22-19(26)24-7-3-4-8-24/h1-2,5-6,9,11,23H,3-4,7-8,10H2,(H,21,25)(H,22,26). The number of urea groups is 1. The number of hydrogen-bond acceptors (Lipinski definition) is 4. The molecule has 0 radical (unpaired) electrons. The predicted molar refractivity (Wildman–Crippen MR) is 111 cm³/mol. The molecule has 0 atom stereocenters. The molecule has 2 aliphatic heterocycles. The van der Waals surface area contributed by atoms with Crippen molar-refractivity contribution in [3.05, 3.63) is 47.0 Å². The van der Waals surface area contributed by atoms with E-state index in [9.17, 15) is 18.0 Å². The van der Waals surface area contributed by atoms with Crippen molar-refractivity contribution in [3.8, 4) is 0 Å². The molecule has 0 aromatic heterocycles. The van der Waals surface area contributed by atoms with Crippen LogP contribution in [0.5, 0.6) is 0 Å². The highest BCUT2D eigenvalue weighted by atomic mass is 35.5. The fourth-order valence-electron chi connectivity index (χ4n) is 3.43. The van der Waals surface area contributed by atoms with Crippen LogP contribution in [0.4, 0.5) is 21.9 Å². The Morgan fingerprint density at radius 2 is 1.79 bits per heavy atom. The number of carbonyl (C=O) groups is 2. The van der Waals surface area contributed by atoms with E-state index in [1.807, 2.05) is 0 Å². The van der Waals surface area contributed by atoms with E-state index in [1.165, 1.54) is 12.1 Å². The number of likely N-dealkylation sites (tertiary alicyclic amines) is 1. The van der Waals surface area contributed by atoms with Crippen molar-refractivity contribution in [2.45, 2.75) is 24.2 Å². The number of fused-ring (bicyclic) bond motifs is 1. The van der Waals surface area contributed by atoms with Gasteiger partial charge in [0.2, 0.25) is 5.91 Å². The normalized spacial score (nSPS) is 15.8. The first-order valence-corrected chi connectivity index (χ1v) is 11.0. The van der Waals surface area contributed by atoms with E-state index in [1.54, 1.807) is 29.2 Å². The van der Waals surface area contributed by atoms with Crippen LogP contribution in [-0.4, -0.2) is 38.3 Å². The van der Waals surface area contributed by atoms with E-state index in [-0.39, 0.29) is 34.0 Å². The number of anilines is 3. The molecule has 1 fully saturated rings. The lowest BCUT2D eigenvalue weighted by atomic mass is 10.2. The Balaban J connectivity index is 1.60. The monoisotopic (exact) mass is 434 g/mol. The molecule has 2 aliphatic rings. The van der Waals surface area contributed by atoms with Crippen LogP contribution < -0.4 is 15.4 Å². The van der Waals surface area contributed by atoms with Crippen molar-refractivity contribution in [3.63, 3.8) is 0 Å². The van der Waals surface area contributed by atoms with Crippen LogP contribution in [0.1, 0.15) is 18.4 Å². The molecular formula is C19H19ClN4O4S. The molecule has 2 aromatic carbocycles. The fraction of sp³-hybridized carbons (Fsp3) is 0.263. The third kappa shape index (κ3) is 4.01. The van der Waals surface area contributed by atoms with Crippen LogP contribution >= 0.6 is 11.6 Å². The minimum absolute atomic E-state index is 0.00275. The number of halogens is 1. The molecule has 0 saturated carbocycles. The molecule has 0 aliphatic carbocycles. The Bertz CT molecular complexity index is 1100. The second kappa shape index (κ2) is 7.57. The van der Waals surface area contributed by atoms with Crippen molar-refractivity contribution in [2.24, 2.45) is 0 Å². The summed E-state index contributed by atoms with van der Waals surface area (Å²) < 4.78 is 28.4. The Morgan fingerprint density at radius 1 is 1.10 bits per heavy atom. The van der Waals surface area contributed by atoms with Crippen LogP contribution in [0.2, 0.25) is 5.02 Å². The Labute approximate surface area is 173 Å². The van der Waals surface area contributed by atoms with E-state index in [0.29, 0.717) is 30.0 Å². The SMILES string of the molecule is O=C1Cc2cc(S(=O)(=O)Nc3ccccc3NC(=O)N3CCCC3)c(Cl)cc2N1. The number of carbonyl (C=O) groups excluding carboxylic acids is 2. The summed E-state index contributed by atoms with van der Waals surface area (Å²) in [5.41, 5.74) is 1.65. The molecule has 8 nitrogen and oxygen atoms in total. The molecule has 152 valence electrons. The smallest absolute Gasteiger partial charge is 0.321 e. The molecule has 3 amide bonds. The zero-order chi connectivity index (χ0) is 20.6. The van der Waals surface area contributed by atoms with Gasteiger partial charge in [0.1, 0.15) is 4.90 Å². The molecular weight excluding hydrogens is 416 g/mol. The highest BCUT2D eigenvalue weighted by molar-refractivity contribution is 7.92.